The standard InChI is InChI=1S/C16H24N2S2/c1-3-17-15(16-11(2)19-9-10-20-16)13-7-6-12-5-4-8-18-14(12)13/h4-5,8,11,13,15-17H,3,6-7,9-10H2,1-2H3. The summed E-state index contributed by atoms with van der Waals surface area (Å²) in [6.07, 6.45) is 4.43. The summed E-state index contributed by atoms with van der Waals surface area (Å²) in [5, 5.41) is 5.25. The molecule has 20 heavy (non-hydrogen) atoms. The first-order valence-electron chi connectivity index (χ1n) is 7.71. The van der Waals surface area contributed by atoms with Gasteiger partial charge in [-0.05, 0) is 31.0 Å². The van der Waals surface area contributed by atoms with Gasteiger partial charge in [-0.25, -0.2) is 0 Å². The van der Waals surface area contributed by atoms with E-state index in [2.05, 4.69) is 54.8 Å². The Morgan fingerprint density at radius 1 is 1.40 bits per heavy atom. The number of likely N-dealkylation sites (N-methyl/N-ethyl adjacent to an activating group) is 1. The SMILES string of the molecule is CCNC(C1CCc2cccnc21)C1SCCSC1C. The zero-order valence-electron chi connectivity index (χ0n) is 12.3. The zero-order valence-corrected chi connectivity index (χ0v) is 14.0. The van der Waals surface area contributed by atoms with E-state index in [0.29, 0.717) is 17.2 Å². The normalized spacial score (nSPS) is 31.0. The van der Waals surface area contributed by atoms with E-state index < -0.39 is 0 Å². The molecule has 1 N–H and O–H groups in total. The van der Waals surface area contributed by atoms with Crippen molar-refractivity contribution in [2.75, 3.05) is 18.1 Å². The van der Waals surface area contributed by atoms with Crippen LogP contribution in [0.15, 0.2) is 18.3 Å². The molecule has 0 amide bonds. The van der Waals surface area contributed by atoms with E-state index >= 15 is 0 Å². The second-order valence-electron chi connectivity index (χ2n) is 5.69. The van der Waals surface area contributed by atoms with Gasteiger partial charge in [0, 0.05) is 45.9 Å². The summed E-state index contributed by atoms with van der Waals surface area (Å²) in [6.45, 7) is 5.69. The second-order valence-corrected chi connectivity index (χ2v) is 8.46. The van der Waals surface area contributed by atoms with Gasteiger partial charge < -0.3 is 5.32 Å². The van der Waals surface area contributed by atoms with Crippen LogP contribution in [0.2, 0.25) is 0 Å². The van der Waals surface area contributed by atoms with Crippen molar-refractivity contribution in [1.29, 1.82) is 0 Å². The molecule has 0 radical (unpaired) electrons. The van der Waals surface area contributed by atoms with Crippen molar-refractivity contribution in [1.82, 2.24) is 10.3 Å². The van der Waals surface area contributed by atoms with E-state index in [4.69, 9.17) is 4.98 Å². The Morgan fingerprint density at radius 2 is 2.25 bits per heavy atom. The number of hydrogen-bond acceptors (Lipinski definition) is 4. The number of fused-ring (bicyclic) bond motifs is 1. The van der Waals surface area contributed by atoms with Gasteiger partial charge in [0.25, 0.3) is 0 Å². The maximum absolute atomic E-state index is 4.71. The average Bonchev–Trinajstić information content (AvgIpc) is 2.90. The molecule has 4 heteroatoms. The molecule has 1 fully saturated rings. The third kappa shape index (κ3) is 2.88. The van der Waals surface area contributed by atoms with Gasteiger partial charge in [0.1, 0.15) is 0 Å². The molecule has 2 aliphatic rings. The third-order valence-corrected chi connectivity index (χ3v) is 7.68. The van der Waals surface area contributed by atoms with Crippen LogP contribution in [0.3, 0.4) is 0 Å². The largest absolute Gasteiger partial charge is 0.312 e. The Morgan fingerprint density at radius 3 is 3.05 bits per heavy atom. The summed E-state index contributed by atoms with van der Waals surface area (Å²) in [5.74, 6) is 3.20. The van der Waals surface area contributed by atoms with E-state index in [0.717, 1.165) is 11.8 Å². The van der Waals surface area contributed by atoms with Crippen molar-refractivity contribution in [2.45, 2.75) is 49.1 Å². The number of hydrogen-bond donors (Lipinski definition) is 1. The Bertz CT molecular complexity index is 452. The Labute approximate surface area is 130 Å². The van der Waals surface area contributed by atoms with E-state index in [1.165, 1.54) is 35.6 Å². The van der Waals surface area contributed by atoms with Gasteiger partial charge >= 0.3 is 0 Å². The van der Waals surface area contributed by atoms with Crippen LogP contribution in [0.25, 0.3) is 0 Å². The highest BCUT2D eigenvalue weighted by atomic mass is 32.2. The lowest BCUT2D eigenvalue weighted by atomic mass is 9.92. The first kappa shape index (κ1) is 14.7. The predicted octanol–water partition coefficient (Wildman–Crippen LogP) is 3.33. The van der Waals surface area contributed by atoms with Crippen LogP contribution < -0.4 is 5.32 Å². The topological polar surface area (TPSA) is 24.9 Å². The molecule has 0 spiro atoms. The highest BCUT2D eigenvalue weighted by Gasteiger charge is 2.38. The zero-order chi connectivity index (χ0) is 13.9. The number of pyridine rings is 1. The van der Waals surface area contributed by atoms with Gasteiger partial charge in [-0.2, -0.15) is 23.5 Å². The van der Waals surface area contributed by atoms with Crippen molar-refractivity contribution in [3.63, 3.8) is 0 Å². The van der Waals surface area contributed by atoms with Crippen molar-refractivity contribution in [3.8, 4) is 0 Å². The molecule has 1 aliphatic heterocycles. The Hall–Kier alpha value is -0.190. The third-order valence-electron chi connectivity index (χ3n) is 4.47. The molecular weight excluding hydrogens is 284 g/mol. The molecule has 2 nitrogen and oxygen atoms in total. The maximum atomic E-state index is 4.71. The van der Waals surface area contributed by atoms with Gasteiger partial charge in [0.2, 0.25) is 0 Å². The molecule has 110 valence electrons. The number of thioether (sulfide) groups is 2. The van der Waals surface area contributed by atoms with Gasteiger partial charge in [-0.1, -0.05) is 19.9 Å². The van der Waals surface area contributed by atoms with Gasteiger partial charge in [0.05, 0.1) is 0 Å². The van der Waals surface area contributed by atoms with Crippen LogP contribution in [0.1, 0.15) is 37.4 Å². The number of aromatic nitrogens is 1. The fraction of sp³-hybridized carbons (Fsp3) is 0.688. The number of nitrogens with zero attached hydrogens (tertiary/aromatic N) is 1. The lowest BCUT2D eigenvalue weighted by Gasteiger charge is -2.38. The molecule has 1 saturated heterocycles. The molecule has 4 atom stereocenters. The second kappa shape index (κ2) is 6.71. The van der Waals surface area contributed by atoms with Crippen LogP contribution in [-0.4, -0.2) is 39.6 Å². The van der Waals surface area contributed by atoms with Crippen LogP contribution in [0, 0.1) is 0 Å². The molecule has 0 saturated carbocycles. The van der Waals surface area contributed by atoms with Crippen molar-refractivity contribution < 1.29 is 0 Å². The highest BCUT2D eigenvalue weighted by molar-refractivity contribution is 8.07. The summed E-state index contributed by atoms with van der Waals surface area (Å²) in [7, 11) is 0. The van der Waals surface area contributed by atoms with Gasteiger partial charge in [-0.15, -0.1) is 0 Å². The molecule has 0 aromatic carbocycles. The number of rotatable bonds is 4. The monoisotopic (exact) mass is 308 g/mol. The van der Waals surface area contributed by atoms with E-state index in [1.807, 2.05) is 6.20 Å². The van der Waals surface area contributed by atoms with Crippen molar-refractivity contribution >= 4 is 23.5 Å². The molecule has 4 unspecified atom stereocenters. The minimum Gasteiger partial charge on any atom is -0.312 e. The lowest BCUT2D eigenvalue weighted by molar-refractivity contribution is 0.417. The number of nitrogens with one attached hydrogen (secondary N) is 1. The number of aryl methyl sites for hydroxylation is 1. The summed E-state index contributed by atoms with van der Waals surface area (Å²) in [5.41, 5.74) is 2.84. The fourth-order valence-electron chi connectivity index (χ4n) is 3.56. The minimum atomic E-state index is 0.573. The van der Waals surface area contributed by atoms with Crippen LogP contribution >= 0.6 is 23.5 Å². The van der Waals surface area contributed by atoms with Gasteiger partial charge in [-0.3, -0.25) is 4.98 Å². The lowest BCUT2D eigenvalue weighted by Crippen LogP contribution is -2.47. The summed E-state index contributed by atoms with van der Waals surface area (Å²) in [6, 6.07) is 4.92. The molecule has 1 aromatic heterocycles. The van der Waals surface area contributed by atoms with Crippen LogP contribution in [-0.2, 0) is 6.42 Å². The van der Waals surface area contributed by atoms with E-state index in [-0.39, 0.29) is 0 Å². The Balaban J connectivity index is 1.84. The van der Waals surface area contributed by atoms with Gasteiger partial charge in [0.15, 0.2) is 0 Å². The van der Waals surface area contributed by atoms with E-state index in [9.17, 15) is 0 Å². The molecule has 2 heterocycles. The predicted molar refractivity (Wildman–Crippen MR) is 90.9 cm³/mol. The highest BCUT2D eigenvalue weighted by Crippen LogP contribution is 2.41. The average molecular weight is 309 g/mol. The summed E-state index contributed by atoms with van der Waals surface area (Å²) >= 11 is 4.31. The summed E-state index contributed by atoms with van der Waals surface area (Å²) in [4.78, 5) is 4.71. The maximum Gasteiger partial charge on any atom is 0.0482 e. The minimum absolute atomic E-state index is 0.573. The molecule has 0 bridgehead atoms. The van der Waals surface area contributed by atoms with Crippen molar-refractivity contribution in [3.05, 3.63) is 29.6 Å². The molecule has 1 aliphatic carbocycles. The fourth-order valence-corrected chi connectivity index (χ4v) is 6.57. The first-order chi connectivity index (χ1) is 9.81. The smallest absolute Gasteiger partial charge is 0.0482 e. The van der Waals surface area contributed by atoms with Crippen LogP contribution in [0.5, 0.6) is 0 Å². The summed E-state index contributed by atoms with van der Waals surface area (Å²) < 4.78 is 0. The molecule has 1 aromatic rings. The van der Waals surface area contributed by atoms with Crippen molar-refractivity contribution in [2.24, 2.45) is 0 Å². The molecule has 3 rings (SSSR count). The quantitative estimate of drug-likeness (QED) is 0.922. The molecular formula is C16H24N2S2. The van der Waals surface area contributed by atoms with Crippen LogP contribution in [0.4, 0.5) is 0 Å². The Kier molecular flexibility index (Phi) is 4.95. The first-order valence-corrected chi connectivity index (χ1v) is 9.81. The van der Waals surface area contributed by atoms with E-state index in [1.54, 1.807) is 0 Å².